The van der Waals surface area contributed by atoms with E-state index in [0.29, 0.717) is 11.3 Å². The van der Waals surface area contributed by atoms with Crippen molar-refractivity contribution in [2.45, 2.75) is 45.1 Å². The molecule has 140 valence electrons. The smallest absolute Gasteiger partial charge is 0.349 e. The van der Waals surface area contributed by atoms with Gasteiger partial charge in [0.1, 0.15) is 16.9 Å². The van der Waals surface area contributed by atoms with E-state index >= 15 is 0 Å². The number of hydrogen-bond donors (Lipinski definition) is 2. The van der Waals surface area contributed by atoms with Gasteiger partial charge in [-0.2, -0.15) is 0 Å². The number of rotatable bonds is 4. The third kappa shape index (κ3) is 4.83. The lowest BCUT2D eigenvalue weighted by Gasteiger charge is -2.24. The highest BCUT2D eigenvalue weighted by Gasteiger charge is 2.32. The quantitative estimate of drug-likeness (QED) is 0.778. The molecule has 25 heavy (non-hydrogen) atoms. The molecule has 1 aromatic heterocycles. The fraction of sp³-hybridized carbons (Fsp3) is 0.588. The number of ether oxygens (including phenoxy) is 1. The number of carbonyl (C=O) groups is 2. The Morgan fingerprint density at radius 3 is 2.60 bits per heavy atom. The van der Waals surface area contributed by atoms with E-state index in [4.69, 9.17) is 4.42 Å². The number of amides is 1. The third-order valence-corrected chi connectivity index (χ3v) is 4.22. The van der Waals surface area contributed by atoms with Gasteiger partial charge in [0.2, 0.25) is 0 Å². The first-order chi connectivity index (χ1) is 11.3. The van der Waals surface area contributed by atoms with E-state index in [1.807, 2.05) is 0 Å². The summed E-state index contributed by atoms with van der Waals surface area (Å²) >= 11 is 0. The summed E-state index contributed by atoms with van der Waals surface area (Å²) in [4.78, 5) is 36.4. The molecule has 1 atom stereocenters. The number of halogens is 1. The molecule has 1 aliphatic rings. The lowest BCUT2D eigenvalue weighted by Crippen LogP contribution is -2.51. The predicted octanol–water partition coefficient (Wildman–Crippen LogP) is 1.52. The summed E-state index contributed by atoms with van der Waals surface area (Å²) in [6.07, 6.45) is 1.96. The van der Waals surface area contributed by atoms with Gasteiger partial charge in [0.25, 0.3) is 5.91 Å². The highest BCUT2D eigenvalue weighted by molar-refractivity contribution is 5.98. The number of methoxy groups -OCH3 is 1. The van der Waals surface area contributed by atoms with Crippen LogP contribution in [0.25, 0.3) is 0 Å². The minimum Gasteiger partial charge on any atom is -0.467 e. The predicted molar refractivity (Wildman–Crippen MR) is 95.4 cm³/mol. The molecule has 2 N–H and O–H groups in total. The number of hydrogen-bond acceptors (Lipinski definition) is 6. The van der Waals surface area contributed by atoms with Gasteiger partial charge in [0.05, 0.1) is 7.11 Å². The van der Waals surface area contributed by atoms with Gasteiger partial charge in [-0.25, -0.2) is 9.59 Å². The molecule has 2 rings (SSSR count). The molecule has 7 nitrogen and oxygen atoms in total. The van der Waals surface area contributed by atoms with Gasteiger partial charge in [0, 0.05) is 12.5 Å². The van der Waals surface area contributed by atoms with Gasteiger partial charge < -0.3 is 19.8 Å². The molecular formula is C17H25ClN2O5. The minimum atomic E-state index is -1.24. The molecule has 0 aliphatic carbocycles. The molecule has 1 aliphatic heterocycles. The Kier molecular flexibility index (Phi) is 7.19. The van der Waals surface area contributed by atoms with Gasteiger partial charge in [-0.1, -0.05) is 0 Å². The zero-order valence-corrected chi connectivity index (χ0v) is 15.7. The molecule has 2 heterocycles. The van der Waals surface area contributed by atoms with Crippen LogP contribution in [0.5, 0.6) is 0 Å². The summed E-state index contributed by atoms with van der Waals surface area (Å²) in [5.41, 5.74) is -1.48. The fourth-order valence-electron chi connectivity index (χ4n) is 2.85. The largest absolute Gasteiger partial charge is 0.467 e. The van der Waals surface area contributed by atoms with Crippen molar-refractivity contribution in [1.29, 1.82) is 0 Å². The maximum atomic E-state index is 12.4. The van der Waals surface area contributed by atoms with Gasteiger partial charge in [-0.3, -0.25) is 4.79 Å². The Balaban J connectivity index is 0.00000312. The standard InChI is InChI=1S/C17H24N2O5.ClH/c1-10-8-12(11-6-5-7-18-9-11)24-15(21)13(10)14(20)19-17(2,3)16(22)23-4;/h8,11,18H,5-7,9H2,1-4H3,(H,19,20);1H. The number of piperidine rings is 1. The van der Waals surface area contributed by atoms with Crippen LogP contribution >= 0.6 is 12.4 Å². The van der Waals surface area contributed by atoms with Crippen LogP contribution in [0.1, 0.15) is 54.3 Å². The highest BCUT2D eigenvalue weighted by Crippen LogP contribution is 2.23. The molecule has 1 amide bonds. The van der Waals surface area contributed by atoms with Gasteiger partial charge in [-0.05, 0) is 51.8 Å². The van der Waals surface area contributed by atoms with Crippen LogP contribution in [-0.2, 0) is 9.53 Å². The molecule has 1 fully saturated rings. The normalized spacial score (nSPS) is 17.4. The minimum absolute atomic E-state index is 0. The Bertz CT molecular complexity index is 693. The van der Waals surface area contributed by atoms with Gasteiger partial charge >= 0.3 is 11.6 Å². The van der Waals surface area contributed by atoms with E-state index in [-0.39, 0.29) is 23.9 Å². The molecule has 0 bridgehead atoms. The second-order valence-electron chi connectivity index (χ2n) is 6.61. The zero-order chi connectivity index (χ0) is 17.9. The maximum absolute atomic E-state index is 12.4. The van der Waals surface area contributed by atoms with Crippen LogP contribution in [0.2, 0.25) is 0 Å². The van der Waals surface area contributed by atoms with Crippen molar-refractivity contribution >= 4 is 24.3 Å². The number of esters is 1. The van der Waals surface area contributed by atoms with Crippen LogP contribution in [0.3, 0.4) is 0 Å². The monoisotopic (exact) mass is 372 g/mol. The van der Waals surface area contributed by atoms with E-state index in [9.17, 15) is 14.4 Å². The Hall–Kier alpha value is -1.86. The maximum Gasteiger partial charge on any atom is 0.349 e. The summed E-state index contributed by atoms with van der Waals surface area (Å²) in [7, 11) is 1.24. The Morgan fingerprint density at radius 1 is 1.40 bits per heavy atom. The highest BCUT2D eigenvalue weighted by atomic mass is 35.5. The molecule has 0 aromatic carbocycles. The molecule has 1 aromatic rings. The van der Waals surface area contributed by atoms with E-state index in [1.54, 1.807) is 13.0 Å². The molecule has 1 unspecified atom stereocenters. The van der Waals surface area contributed by atoms with Crippen LogP contribution < -0.4 is 16.3 Å². The molecule has 1 saturated heterocycles. The lowest BCUT2D eigenvalue weighted by molar-refractivity contribution is -0.146. The average molecular weight is 373 g/mol. The Morgan fingerprint density at radius 2 is 2.08 bits per heavy atom. The summed E-state index contributed by atoms with van der Waals surface area (Å²) in [6, 6.07) is 1.74. The number of carbonyl (C=O) groups excluding carboxylic acids is 2. The first-order valence-corrected chi connectivity index (χ1v) is 8.02. The number of aryl methyl sites for hydroxylation is 1. The van der Waals surface area contributed by atoms with Gasteiger partial charge in [0.15, 0.2) is 0 Å². The first kappa shape index (κ1) is 21.2. The molecule has 0 spiro atoms. The molecular weight excluding hydrogens is 348 g/mol. The van der Waals surface area contributed by atoms with Crippen molar-refractivity contribution in [1.82, 2.24) is 10.6 Å². The van der Waals surface area contributed by atoms with E-state index < -0.39 is 23.0 Å². The lowest BCUT2D eigenvalue weighted by atomic mass is 9.95. The summed E-state index contributed by atoms with van der Waals surface area (Å²) < 4.78 is 10.0. The van der Waals surface area contributed by atoms with Crippen LogP contribution in [0.15, 0.2) is 15.3 Å². The summed E-state index contributed by atoms with van der Waals surface area (Å²) in [6.45, 7) is 6.42. The van der Waals surface area contributed by atoms with E-state index in [2.05, 4.69) is 15.4 Å². The van der Waals surface area contributed by atoms with Crippen LogP contribution in [-0.4, -0.2) is 37.6 Å². The van der Waals surface area contributed by atoms with Crippen molar-refractivity contribution in [3.63, 3.8) is 0 Å². The number of nitrogens with one attached hydrogen (secondary N) is 2. The van der Waals surface area contributed by atoms with E-state index in [0.717, 1.165) is 25.9 Å². The second kappa shape index (κ2) is 8.49. The van der Waals surface area contributed by atoms with Crippen molar-refractivity contribution in [3.8, 4) is 0 Å². The summed E-state index contributed by atoms with van der Waals surface area (Å²) in [5, 5.41) is 5.78. The summed E-state index contributed by atoms with van der Waals surface area (Å²) in [5.74, 6) is -0.519. The van der Waals surface area contributed by atoms with E-state index in [1.165, 1.54) is 21.0 Å². The average Bonchev–Trinajstić information content (AvgIpc) is 2.53. The van der Waals surface area contributed by atoms with Crippen LogP contribution in [0.4, 0.5) is 0 Å². The van der Waals surface area contributed by atoms with Crippen molar-refractivity contribution in [2.24, 2.45) is 0 Å². The molecule has 0 radical (unpaired) electrons. The zero-order valence-electron chi connectivity index (χ0n) is 14.9. The molecule has 0 saturated carbocycles. The van der Waals surface area contributed by atoms with Crippen LogP contribution in [0, 0.1) is 6.92 Å². The van der Waals surface area contributed by atoms with Crippen molar-refractivity contribution < 1.29 is 18.7 Å². The first-order valence-electron chi connectivity index (χ1n) is 8.02. The Labute approximate surface area is 152 Å². The third-order valence-electron chi connectivity index (χ3n) is 4.22. The molecule has 8 heteroatoms. The van der Waals surface area contributed by atoms with Gasteiger partial charge in [-0.15, -0.1) is 12.4 Å². The van der Waals surface area contributed by atoms with Crippen molar-refractivity contribution in [3.05, 3.63) is 33.4 Å². The van der Waals surface area contributed by atoms with Crippen molar-refractivity contribution in [2.75, 3.05) is 20.2 Å². The second-order valence-corrected chi connectivity index (χ2v) is 6.61. The fourth-order valence-corrected chi connectivity index (χ4v) is 2.85. The SMILES string of the molecule is COC(=O)C(C)(C)NC(=O)c1c(C)cc(C2CCCNC2)oc1=O.Cl. The topological polar surface area (TPSA) is 97.6 Å².